The second-order valence-electron chi connectivity index (χ2n) is 5.54. The number of pyridine rings is 1. The number of aliphatic imine (C=N–C) groups is 1. The summed E-state index contributed by atoms with van der Waals surface area (Å²) in [6.07, 6.45) is 4.38. The Labute approximate surface area is 146 Å². The summed E-state index contributed by atoms with van der Waals surface area (Å²) in [6, 6.07) is 10.5. The van der Waals surface area contributed by atoms with Crippen molar-refractivity contribution in [3.8, 4) is 0 Å². The van der Waals surface area contributed by atoms with E-state index in [1.807, 2.05) is 12.1 Å². The molecule has 0 spiro atoms. The molecule has 8 heteroatoms. The van der Waals surface area contributed by atoms with Crippen molar-refractivity contribution in [1.82, 2.24) is 15.0 Å². The highest BCUT2D eigenvalue weighted by atomic mass is 32.2. The molecule has 0 saturated heterocycles. The number of hydrogen-bond acceptors (Lipinski definition) is 5. The zero-order valence-corrected chi connectivity index (χ0v) is 14.3. The number of aromatic nitrogens is 1. The van der Waals surface area contributed by atoms with E-state index in [2.05, 4.69) is 20.0 Å². The van der Waals surface area contributed by atoms with Crippen LogP contribution in [0.4, 0.5) is 0 Å². The van der Waals surface area contributed by atoms with Crippen molar-refractivity contribution in [3.63, 3.8) is 0 Å². The number of carbonyl (C=O) groups excluding carboxylic acids is 1. The smallest absolute Gasteiger partial charge is 0.263 e. The van der Waals surface area contributed by atoms with E-state index < -0.39 is 10.0 Å². The predicted octanol–water partition coefficient (Wildman–Crippen LogP) is 0.869. The molecule has 2 N–H and O–H groups in total. The Morgan fingerprint density at radius 3 is 2.84 bits per heavy atom. The van der Waals surface area contributed by atoms with Crippen LogP contribution in [-0.4, -0.2) is 38.2 Å². The Morgan fingerprint density at radius 1 is 1.20 bits per heavy atom. The number of rotatable bonds is 6. The monoisotopic (exact) mass is 358 g/mol. The third-order valence-corrected chi connectivity index (χ3v) is 5.13. The lowest BCUT2D eigenvalue weighted by Gasteiger charge is -2.04. The molecule has 130 valence electrons. The van der Waals surface area contributed by atoms with Gasteiger partial charge in [-0.3, -0.25) is 19.5 Å². The van der Waals surface area contributed by atoms with Gasteiger partial charge in [-0.2, -0.15) is 0 Å². The van der Waals surface area contributed by atoms with Crippen molar-refractivity contribution in [2.75, 3.05) is 13.1 Å². The molecule has 3 rings (SSSR count). The third kappa shape index (κ3) is 4.21. The van der Waals surface area contributed by atoms with Crippen molar-refractivity contribution in [2.45, 2.75) is 17.7 Å². The lowest BCUT2D eigenvalue weighted by Crippen LogP contribution is -2.27. The average molecular weight is 358 g/mol. The van der Waals surface area contributed by atoms with Gasteiger partial charge >= 0.3 is 0 Å². The second-order valence-corrected chi connectivity index (χ2v) is 7.19. The van der Waals surface area contributed by atoms with Crippen LogP contribution < -0.4 is 10.0 Å². The zero-order valence-electron chi connectivity index (χ0n) is 13.5. The van der Waals surface area contributed by atoms with E-state index in [1.165, 1.54) is 6.07 Å². The van der Waals surface area contributed by atoms with Crippen molar-refractivity contribution < 1.29 is 13.2 Å². The second kappa shape index (κ2) is 7.43. The molecule has 0 atom stereocenters. The van der Waals surface area contributed by atoms with Crippen LogP contribution in [-0.2, 0) is 21.2 Å². The number of sulfonamides is 1. The fraction of sp³-hybridized carbons (Fsp3) is 0.235. The van der Waals surface area contributed by atoms with Crippen LogP contribution >= 0.6 is 0 Å². The molecule has 2 heterocycles. The summed E-state index contributed by atoms with van der Waals surface area (Å²) < 4.78 is 26.3. The maximum absolute atomic E-state index is 12.0. The SMILES string of the molecule is O=C(CCN=C1NS(=O)(=O)c2ccccc21)NCCc1cccnc1. The van der Waals surface area contributed by atoms with Gasteiger partial charge in [0, 0.05) is 30.9 Å². The van der Waals surface area contributed by atoms with Crippen LogP contribution in [0.2, 0.25) is 0 Å². The third-order valence-electron chi connectivity index (χ3n) is 3.73. The number of nitrogens with one attached hydrogen (secondary N) is 2. The topological polar surface area (TPSA) is 101 Å². The minimum absolute atomic E-state index is 0.123. The Hall–Kier alpha value is -2.74. The standard InChI is InChI=1S/C17H18N4O3S/c22-16(19-10-7-13-4-3-9-18-12-13)8-11-20-17-14-5-1-2-6-15(14)25(23,24)21-17/h1-6,9,12H,7-8,10-11H2,(H,19,22)(H,20,21). The van der Waals surface area contributed by atoms with E-state index in [9.17, 15) is 13.2 Å². The first-order valence-electron chi connectivity index (χ1n) is 7.88. The van der Waals surface area contributed by atoms with Gasteiger partial charge in [-0.05, 0) is 30.2 Å². The van der Waals surface area contributed by atoms with Crippen LogP contribution in [0.25, 0.3) is 0 Å². The molecule has 0 bridgehead atoms. The number of fused-ring (bicyclic) bond motifs is 1. The molecule has 2 aromatic rings. The average Bonchev–Trinajstić information content (AvgIpc) is 2.87. The molecule has 1 aliphatic rings. The van der Waals surface area contributed by atoms with E-state index in [4.69, 9.17) is 0 Å². The van der Waals surface area contributed by atoms with Gasteiger partial charge in [-0.15, -0.1) is 0 Å². The summed E-state index contributed by atoms with van der Waals surface area (Å²) in [5.41, 5.74) is 1.60. The first-order chi connectivity index (χ1) is 12.1. The molecule has 7 nitrogen and oxygen atoms in total. The summed E-state index contributed by atoms with van der Waals surface area (Å²) in [5.74, 6) is 0.168. The number of nitrogens with zero attached hydrogens (tertiary/aromatic N) is 2. The van der Waals surface area contributed by atoms with E-state index >= 15 is 0 Å². The molecule has 0 radical (unpaired) electrons. The molecule has 1 amide bonds. The van der Waals surface area contributed by atoms with Gasteiger partial charge in [0.2, 0.25) is 5.91 Å². The van der Waals surface area contributed by atoms with Crippen molar-refractivity contribution in [1.29, 1.82) is 0 Å². The lowest BCUT2D eigenvalue weighted by atomic mass is 10.2. The van der Waals surface area contributed by atoms with Gasteiger partial charge in [0.1, 0.15) is 5.84 Å². The Kier molecular flexibility index (Phi) is 5.08. The summed E-state index contributed by atoms with van der Waals surface area (Å²) >= 11 is 0. The molecule has 0 fully saturated rings. The minimum atomic E-state index is -3.54. The van der Waals surface area contributed by atoms with E-state index in [-0.39, 0.29) is 23.8 Å². The minimum Gasteiger partial charge on any atom is -0.356 e. The van der Waals surface area contributed by atoms with Gasteiger partial charge in [-0.25, -0.2) is 8.42 Å². The van der Waals surface area contributed by atoms with Gasteiger partial charge in [0.25, 0.3) is 10.0 Å². The van der Waals surface area contributed by atoms with Crippen LogP contribution in [0.3, 0.4) is 0 Å². The number of amidine groups is 1. The summed E-state index contributed by atoms with van der Waals surface area (Å²) in [7, 11) is -3.54. The predicted molar refractivity (Wildman–Crippen MR) is 93.7 cm³/mol. The largest absolute Gasteiger partial charge is 0.356 e. The zero-order chi connectivity index (χ0) is 17.7. The summed E-state index contributed by atoms with van der Waals surface area (Å²) in [5, 5.41) is 2.82. The fourth-order valence-corrected chi connectivity index (χ4v) is 3.75. The quantitative estimate of drug-likeness (QED) is 0.800. The highest BCUT2D eigenvalue weighted by Crippen LogP contribution is 2.22. The number of carbonyl (C=O) groups is 1. The van der Waals surface area contributed by atoms with Crippen molar-refractivity contribution >= 4 is 21.8 Å². The molecular weight excluding hydrogens is 340 g/mol. The van der Waals surface area contributed by atoms with Crippen LogP contribution in [0.5, 0.6) is 0 Å². The Bertz CT molecular complexity index is 895. The van der Waals surface area contributed by atoms with E-state index in [1.54, 1.807) is 30.6 Å². The van der Waals surface area contributed by atoms with Crippen molar-refractivity contribution in [3.05, 3.63) is 59.9 Å². The maximum Gasteiger partial charge on any atom is 0.263 e. The van der Waals surface area contributed by atoms with Gasteiger partial charge in [-0.1, -0.05) is 18.2 Å². The fourth-order valence-electron chi connectivity index (χ4n) is 2.50. The summed E-state index contributed by atoms with van der Waals surface area (Å²) in [6.45, 7) is 0.738. The summed E-state index contributed by atoms with van der Waals surface area (Å²) in [4.78, 5) is 20.3. The highest BCUT2D eigenvalue weighted by molar-refractivity contribution is 7.90. The van der Waals surface area contributed by atoms with Crippen LogP contribution in [0.15, 0.2) is 58.7 Å². The van der Waals surface area contributed by atoms with Gasteiger partial charge in [0.15, 0.2) is 0 Å². The van der Waals surface area contributed by atoms with Gasteiger partial charge in [0.05, 0.1) is 11.4 Å². The van der Waals surface area contributed by atoms with Crippen molar-refractivity contribution in [2.24, 2.45) is 4.99 Å². The number of benzene rings is 1. The molecule has 1 aliphatic heterocycles. The maximum atomic E-state index is 12.0. The molecule has 1 aromatic carbocycles. The van der Waals surface area contributed by atoms with E-state index in [0.717, 1.165) is 5.56 Å². The number of amides is 1. The molecule has 25 heavy (non-hydrogen) atoms. The molecule has 0 aliphatic carbocycles. The number of hydrogen-bond donors (Lipinski definition) is 2. The Morgan fingerprint density at radius 2 is 2.04 bits per heavy atom. The first kappa shape index (κ1) is 17.1. The Balaban J connectivity index is 1.49. The lowest BCUT2D eigenvalue weighted by molar-refractivity contribution is -0.120. The first-order valence-corrected chi connectivity index (χ1v) is 9.37. The molecule has 0 saturated carbocycles. The molecule has 1 aromatic heterocycles. The molecule has 0 unspecified atom stereocenters. The normalized spacial score (nSPS) is 16.2. The van der Waals surface area contributed by atoms with Crippen LogP contribution in [0.1, 0.15) is 17.5 Å². The van der Waals surface area contributed by atoms with Gasteiger partial charge < -0.3 is 5.32 Å². The van der Waals surface area contributed by atoms with Crippen LogP contribution in [0, 0.1) is 0 Å². The highest BCUT2D eigenvalue weighted by Gasteiger charge is 2.29. The van der Waals surface area contributed by atoms with E-state index in [0.29, 0.717) is 24.4 Å². The molecular formula is C17H18N4O3S.